The average molecular weight is 366 g/mol. The van der Waals surface area contributed by atoms with Crippen molar-refractivity contribution in [3.8, 4) is 0 Å². The van der Waals surface area contributed by atoms with Gasteiger partial charge in [0.2, 0.25) is 5.91 Å². The van der Waals surface area contributed by atoms with Crippen LogP contribution in [0.15, 0.2) is 4.99 Å². The Labute approximate surface area is 159 Å². The first-order valence-electron chi connectivity index (χ1n) is 10.2. The number of likely N-dealkylation sites (tertiary alicyclic amines) is 1. The molecule has 26 heavy (non-hydrogen) atoms. The van der Waals surface area contributed by atoms with E-state index in [2.05, 4.69) is 53.4 Å². The lowest BCUT2D eigenvalue weighted by atomic mass is 9.88. The number of amides is 1. The predicted octanol–water partition coefficient (Wildman–Crippen LogP) is 1.92. The van der Waals surface area contributed by atoms with Crippen LogP contribution in [0.2, 0.25) is 0 Å². The van der Waals surface area contributed by atoms with Crippen LogP contribution in [-0.4, -0.2) is 75.0 Å². The fourth-order valence-corrected chi connectivity index (χ4v) is 4.31. The van der Waals surface area contributed by atoms with Gasteiger partial charge < -0.3 is 20.4 Å². The standard InChI is InChI=1S/C20H39N5O/c1-20(2,15-24(4)5)14-22-19(21-3)23-17-11-12-25(13-17)18(26)16-9-7-6-8-10-16/h16-17H,6-15H2,1-5H3,(H2,21,22,23). The zero-order chi connectivity index (χ0) is 19.2. The molecule has 0 aromatic carbocycles. The van der Waals surface area contributed by atoms with Gasteiger partial charge in [0.05, 0.1) is 0 Å². The number of carbonyl (C=O) groups excluding carboxylic acids is 1. The molecule has 150 valence electrons. The van der Waals surface area contributed by atoms with Crippen molar-refractivity contribution in [1.82, 2.24) is 20.4 Å². The quantitative estimate of drug-likeness (QED) is 0.558. The molecule has 2 fully saturated rings. The highest BCUT2D eigenvalue weighted by Crippen LogP contribution is 2.26. The molecule has 2 N–H and O–H groups in total. The summed E-state index contributed by atoms with van der Waals surface area (Å²) in [6.07, 6.45) is 6.88. The van der Waals surface area contributed by atoms with E-state index < -0.39 is 0 Å². The molecule has 1 atom stereocenters. The van der Waals surface area contributed by atoms with Crippen molar-refractivity contribution >= 4 is 11.9 Å². The Morgan fingerprint density at radius 2 is 1.88 bits per heavy atom. The van der Waals surface area contributed by atoms with Gasteiger partial charge in [-0.1, -0.05) is 33.1 Å². The Kier molecular flexibility index (Phi) is 7.74. The van der Waals surface area contributed by atoms with E-state index in [0.717, 1.165) is 51.4 Å². The molecule has 2 rings (SSSR count). The molecule has 0 aromatic heterocycles. The maximum atomic E-state index is 12.7. The molecule has 1 heterocycles. The number of hydrogen-bond donors (Lipinski definition) is 2. The van der Waals surface area contributed by atoms with Gasteiger partial charge in [-0.05, 0) is 38.8 Å². The van der Waals surface area contributed by atoms with Crippen molar-refractivity contribution < 1.29 is 4.79 Å². The summed E-state index contributed by atoms with van der Waals surface area (Å²) < 4.78 is 0. The van der Waals surface area contributed by atoms with E-state index in [1.165, 1.54) is 19.3 Å². The second-order valence-electron chi connectivity index (χ2n) is 9.08. The summed E-state index contributed by atoms with van der Waals surface area (Å²) in [5.74, 6) is 1.49. The second-order valence-corrected chi connectivity index (χ2v) is 9.08. The number of rotatable bonds is 6. The zero-order valence-corrected chi connectivity index (χ0v) is 17.5. The Bertz CT molecular complexity index is 483. The third-order valence-electron chi connectivity index (χ3n) is 5.50. The van der Waals surface area contributed by atoms with Gasteiger partial charge in [-0.3, -0.25) is 9.79 Å². The molecule has 6 heteroatoms. The number of guanidine groups is 1. The first-order valence-corrected chi connectivity index (χ1v) is 10.2. The van der Waals surface area contributed by atoms with Crippen LogP contribution in [-0.2, 0) is 4.79 Å². The van der Waals surface area contributed by atoms with E-state index in [0.29, 0.717) is 11.9 Å². The van der Waals surface area contributed by atoms with Crippen LogP contribution in [0.1, 0.15) is 52.4 Å². The molecule has 1 amide bonds. The summed E-state index contributed by atoms with van der Waals surface area (Å²) in [6, 6.07) is 0.297. The summed E-state index contributed by atoms with van der Waals surface area (Å²) in [6.45, 7) is 8.07. The van der Waals surface area contributed by atoms with Crippen LogP contribution in [0, 0.1) is 11.3 Å². The monoisotopic (exact) mass is 365 g/mol. The van der Waals surface area contributed by atoms with Gasteiger partial charge in [-0.25, -0.2) is 0 Å². The van der Waals surface area contributed by atoms with Crippen LogP contribution < -0.4 is 10.6 Å². The van der Waals surface area contributed by atoms with Gasteiger partial charge in [0.15, 0.2) is 5.96 Å². The smallest absolute Gasteiger partial charge is 0.225 e. The van der Waals surface area contributed by atoms with E-state index in [9.17, 15) is 4.79 Å². The van der Waals surface area contributed by atoms with Crippen molar-refractivity contribution in [1.29, 1.82) is 0 Å². The van der Waals surface area contributed by atoms with Crippen molar-refractivity contribution in [2.45, 2.75) is 58.4 Å². The number of hydrogen-bond acceptors (Lipinski definition) is 3. The molecule has 6 nitrogen and oxygen atoms in total. The van der Waals surface area contributed by atoms with E-state index in [1.54, 1.807) is 0 Å². The highest BCUT2D eigenvalue weighted by atomic mass is 16.2. The van der Waals surface area contributed by atoms with E-state index in [-0.39, 0.29) is 11.3 Å². The van der Waals surface area contributed by atoms with Crippen molar-refractivity contribution in [2.24, 2.45) is 16.3 Å². The molecule has 1 saturated heterocycles. The predicted molar refractivity (Wildman–Crippen MR) is 108 cm³/mol. The van der Waals surface area contributed by atoms with Gasteiger partial charge in [-0.15, -0.1) is 0 Å². The first kappa shape index (κ1) is 21.0. The van der Waals surface area contributed by atoms with Crippen LogP contribution in [0.4, 0.5) is 0 Å². The minimum atomic E-state index is 0.166. The minimum absolute atomic E-state index is 0.166. The maximum Gasteiger partial charge on any atom is 0.225 e. The fourth-order valence-electron chi connectivity index (χ4n) is 4.31. The molecule has 1 unspecified atom stereocenters. The molecule has 0 aromatic rings. The lowest BCUT2D eigenvalue weighted by Crippen LogP contribution is -2.49. The van der Waals surface area contributed by atoms with Crippen LogP contribution >= 0.6 is 0 Å². The molecule has 1 aliphatic carbocycles. The van der Waals surface area contributed by atoms with Crippen LogP contribution in [0.25, 0.3) is 0 Å². The van der Waals surface area contributed by atoms with Crippen molar-refractivity contribution in [3.63, 3.8) is 0 Å². The fraction of sp³-hybridized carbons (Fsp3) is 0.900. The Morgan fingerprint density at radius 1 is 1.19 bits per heavy atom. The third-order valence-corrected chi connectivity index (χ3v) is 5.50. The van der Waals surface area contributed by atoms with Gasteiger partial charge in [0.25, 0.3) is 0 Å². The van der Waals surface area contributed by atoms with Crippen LogP contribution in [0.5, 0.6) is 0 Å². The Hall–Kier alpha value is -1.30. The molecule has 0 spiro atoms. The first-order chi connectivity index (χ1) is 12.3. The summed E-state index contributed by atoms with van der Waals surface area (Å²) >= 11 is 0. The number of aliphatic imine (C=N–C) groups is 1. The molecule has 2 aliphatic rings. The van der Waals surface area contributed by atoms with Crippen LogP contribution in [0.3, 0.4) is 0 Å². The zero-order valence-electron chi connectivity index (χ0n) is 17.5. The van der Waals surface area contributed by atoms with Gasteiger partial charge in [0.1, 0.15) is 0 Å². The molecule has 1 saturated carbocycles. The number of nitrogens with one attached hydrogen (secondary N) is 2. The summed E-state index contributed by atoms with van der Waals surface area (Å²) in [5.41, 5.74) is 0.166. The van der Waals surface area contributed by atoms with Gasteiger partial charge in [0, 0.05) is 45.2 Å². The van der Waals surface area contributed by atoms with E-state index >= 15 is 0 Å². The largest absolute Gasteiger partial charge is 0.356 e. The molecule has 0 radical (unpaired) electrons. The number of nitrogens with zero attached hydrogens (tertiary/aromatic N) is 3. The highest BCUT2D eigenvalue weighted by molar-refractivity contribution is 5.81. The summed E-state index contributed by atoms with van der Waals surface area (Å²) in [7, 11) is 6.02. The van der Waals surface area contributed by atoms with E-state index in [4.69, 9.17) is 0 Å². The Morgan fingerprint density at radius 3 is 2.50 bits per heavy atom. The summed E-state index contributed by atoms with van der Waals surface area (Å²) in [5, 5.41) is 6.97. The van der Waals surface area contributed by atoms with E-state index in [1.807, 2.05) is 7.05 Å². The maximum absolute atomic E-state index is 12.7. The molecule has 1 aliphatic heterocycles. The third kappa shape index (κ3) is 6.45. The lowest BCUT2D eigenvalue weighted by Gasteiger charge is -2.30. The second kappa shape index (κ2) is 9.58. The molecular formula is C20H39N5O. The lowest BCUT2D eigenvalue weighted by molar-refractivity contribution is -0.135. The average Bonchev–Trinajstić information content (AvgIpc) is 3.06. The van der Waals surface area contributed by atoms with Crippen molar-refractivity contribution in [2.75, 3.05) is 47.3 Å². The normalized spacial score (nSPS) is 22.8. The Balaban J connectivity index is 1.78. The molecular weight excluding hydrogens is 326 g/mol. The highest BCUT2D eigenvalue weighted by Gasteiger charge is 2.32. The summed E-state index contributed by atoms with van der Waals surface area (Å²) in [4.78, 5) is 21.4. The van der Waals surface area contributed by atoms with Gasteiger partial charge >= 0.3 is 0 Å². The van der Waals surface area contributed by atoms with Crippen molar-refractivity contribution in [3.05, 3.63) is 0 Å². The number of carbonyl (C=O) groups is 1. The molecule has 0 bridgehead atoms. The SMILES string of the molecule is CN=C(NCC(C)(C)CN(C)C)NC1CCN(C(=O)C2CCCCC2)C1. The minimum Gasteiger partial charge on any atom is -0.356 e. The topological polar surface area (TPSA) is 60.0 Å². The van der Waals surface area contributed by atoms with Gasteiger partial charge in [-0.2, -0.15) is 0 Å².